The van der Waals surface area contributed by atoms with Crippen molar-refractivity contribution in [2.24, 2.45) is 5.92 Å². The summed E-state index contributed by atoms with van der Waals surface area (Å²) in [6, 6.07) is 7.05. The minimum Gasteiger partial charge on any atom is -0.367 e. The molecular weight excluding hydrogens is 533 g/mol. The van der Waals surface area contributed by atoms with Crippen molar-refractivity contribution in [1.82, 2.24) is 15.5 Å². The van der Waals surface area contributed by atoms with E-state index in [9.17, 15) is 31.5 Å². The summed E-state index contributed by atoms with van der Waals surface area (Å²) in [5.41, 5.74) is 0.217. The van der Waals surface area contributed by atoms with Gasteiger partial charge in [0.05, 0.1) is 29.3 Å². The number of rotatable bonds is 8. The molecule has 2 aromatic rings. The lowest BCUT2D eigenvalue weighted by Crippen LogP contribution is -2.50. The van der Waals surface area contributed by atoms with Crippen LogP contribution in [0.3, 0.4) is 0 Å². The van der Waals surface area contributed by atoms with Crippen molar-refractivity contribution in [3.05, 3.63) is 58.1 Å². The normalized spacial score (nSPS) is 16.7. The van der Waals surface area contributed by atoms with Crippen LogP contribution in [0.5, 0.6) is 0 Å². The van der Waals surface area contributed by atoms with Gasteiger partial charge in [0, 0.05) is 62.9 Å². The topological polar surface area (TPSA) is 76.7 Å². The van der Waals surface area contributed by atoms with Crippen molar-refractivity contribution < 1.29 is 31.5 Å². The van der Waals surface area contributed by atoms with E-state index in [0.717, 1.165) is 6.07 Å². The van der Waals surface area contributed by atoms with Gasteiger partial charge in [0.1, 0.15) is 0 Å². The highest BCUT2D eigenvalue weighted by Gasteiger charge is 2.29. The Morgan fingerprint density at radius 2 is 1.74 bits per heavy atom. The van der Waals surface area contributed by atoms with E-state index in [1.165, 1.54) is 18.2 Å². The molecule has 2 aliphatic rings. The number of alkyl halides is 3. The molecule has 2 aliphatic heterocycles. The molecule has 2 saturated heterocycles. The molecule has 0 bridgehead atoms. The molecule has 4 rings (SSSR count). The summed E-state index contributed by atoms with van der Waals surface area (Å²) in [5, 5.41) is 8.48. The van der Waals surface area contributed by atoms with Gasteiger partial charge in [-0.25, -0.2) is 8.78 Å². The molecule has 2 aromatic carbocycles. The van der Waals surface area contributed by atoms with Gasteiger partial charge in [-0.2, -0.15) is 13.2 Å². The molecule has 2 heterocycles. The van der Waals surface area contributed by atoms with E-state index >= 15 is 0 Å². The first-order chi connectivity index (χ1) is 18.0. The van der Waals surface area contributed by atoms with Gasteiger partial charge in [-0.15, -0.1) is 0 Å². The third-order valence-electron chi connectivity index (χ3n) is 6.64. The van der Waals surface area contributed by atoms with Crippen molar-refractivity contribution in [2.45, 2.75) is 19.1 Å². The van der Waals surface area contributed by atoms with Crippen LogP contribution in [-0.2, 0) is 11.3 Å². The lowest BCUT2D eigenvalue weighted by atomic mass is 10.0. The first-order valence-corrected chi connectivity index (χ1v) is 12.5. The second-order valence-electron chi connectivity index (χ2n) is 9.28. The largest absolute Gasteiger partial charge is 0.390 e. The molecule has 2 fully saturated rings. The first kappa shape index (κ1) is 28.1. The zero-order chi connectivity index (χ0) is 27.4. The van der Waals surface area contributed by atoms with E-state index in [2.05, 4.69) is 16.0 Å². The van der Waals surface area contributed by atoms with Crippen LogP contribution < -0.4 is 20.9 Å². The van der Waals surface area contributed by atoms with Crippen LogP contribution in [0.4, 0.5) is 33.3 Å². The molecule has 0 aromatic heterocycles. The van der Waals surface area contributed by atoms with Gasteiger partial charge in [-0.3, -0.25) is 14.5 Å². The van der Waals surface area contributed by atoms with Crippen molar-refractivity contribution >= 4 is 34.8 Å². The third kappa shape index (κ3) is 6.91. The number of hydrogen-bond acceptors (Lipinski definition) is 5. The van der Waals surface area contributed by atoms with E-state index in [-0.39, 0.29) is 30.5 Å². The van der Waals surface area contributed by atoms with Gasteiger partial charge < -0.3 is 20.9 Å². The molecule has 2 amide bonds. The number of piperazine rings is 1. The van der Waals surface area contributed by atoms with Crippen molar-refractivity contribution in [3.8, 4) is 0 Å². The standard InChI is InChI=1S/C25H27ClF5N5O2/c26-17-2-4-19(20(11-17)36-9-7-35(8-10-36)6-5-25(29,30)31)34-24(38)18-3-1-15(21(27)22(18)28)14-33-23(37)16-12-32-13-16/h1-4,11,16,32H,5-10,12-14H2,(H,33,37)(H,34,38). The van der Waals surface area contributed by atoms with Gasteiger partial charge >= 0.3 is 6.18 Å². The van der Waals surface area contributed by atoms with Crippen molar-refractivity contribution in [2.75, 3.05) is 56.0 Å². The van der Waals surface area contributed by atoms with Gasteiger partial charge in [0.2, 0.25) is 5.91 Å². The Hall–Kier alpha value is -2.96. The van der Waals surface area contributed by atoms with Gasteiger partial charge in [0.15, 0.2) is 11.6 Å². The number of amides is 2. The summed E-state index contributed by atoms with van der Waals surface area (Å²) in [6.07, 6.45) is -5.12. The molecule has 206 valence electrons. The Labute approximate surface area is 221 Å². The van der Waals surface area contributed by atoms with Crippen molar-refractivity contribution in [3.63, 3.8) is 0 Å². The van der Waals surface area contributed by atoms with Crippen LogP contribution in [-0.4, -0.2) is 68.7 Å². The Morgan fingerprint density at radius 1 is 1.03 bits per heavy atom. The monoisotopic (exact) mass is 559 g/mol. The quantitative estimate of drug-likeness (QED) is 0.429. The molecule has 0 spiro atoms. The van der Waals surface area contributed by atoms with Crippen molar-refractivity contribution in [1.29, 1.82) is 0 Å². The molecular formula is C25H27ClF5N5O2. The number of nitrogens with one attached hydrogen (secondary N) is 3. The lowest BCUT2D eigenvalue weighted by Gasteiger charge is -2.37. The average Bonchev–Trinajstić information content (AvgIpc) is 2.83. The number of benzene rings is 2. The highest BCUT2D eigenvalue weighted by molar-refractivity contribution is 6.31. The van der Waals surface area contributed by atoms with E-state index in [4.69, 9.17) is 11.6 Å². The molecule has 13 heteroatoms. The summed E-state index contributed by atoms with van der Waals surface area (Å²) in [7, 11) is 0. The van der Waals surface area contributed by atoms with Crippen LogP contribution in [0, 0.1) is 17.6 Å². The van der Waals surface area contributed by atoms with Crippen LogP contribution in [0.15, 0.2) is 30.3 Å². The van der Waals surface area contributed by atoms with Crippen LogP contribution >= 0.6 is 11.6 Å². The van der Waals surface area contributed by atoms with Gasteiger partial charge in [-0.05, 0) is 24.3 Å². The van der Waals surface area contributed by atoms with Gasteiger partial charge in [0.25, 0.3) is 5.91 Å². The van der Waals surface area contributed by atoms with E-state index in [1.54, 1.807) is 11.0 Å². The fourth-order valence-electron chi connectivity index (χ4n) is 4.26. The molecule has 0 aliphatic carbocycles. The maximum absolute atomic E-state index is 14.8. The summed E-state index contributed by atoms with van der Waals surface area (Å²) in [6.45, 7) is 2.29. The summed E-state index contributed by atoms with van der Waals surface area (Å²) < 4.78 is 67.1. The van der Waals surface area contributed by atoms with Gasteiger partial charge in [-0.1, -0.05) is 17.7 Å². The minimum atomic E-state index is -4.23. The highest BCUT2D eigenvalue weighted by Crippen LogP contribution is 2.31. The second kappa shape index (κ2) is 11.8. The van der Waals surface area contributed by atoms with Crippen LogP contribution in [0.1, 0.15) is 22.3 Å². The Kier molecular flexibility index (Phi) is 8.74. The number of carbonyl (C=O) groups excluding carboxylic acids is 2. The first-order valence-electron chi connectivity index (χ1n) is 12.1. The number of carbonyl (C=O) groups is 2. The Balaban J connectivity index is 1.42. The maximum Gasteiger partial charge on any atom is 0.390 e. The Morgan fingerprint density at radius 3 is 2.37 bits per heavy atom. The predicted octanol–water partition coefficient (Wildman–Crippen LogP) is 3.78. The average molecular weight is 560 g/mol. The number of halogens is 6. The minimum absolute atomic E-state index is 0.0877. The fourth-order valence-corrected chi connectivity index (χ4v) is 4.43. The summed E-state index contributed by atoms with van der Waals surface area (Å²) in [4.78, 5) is 28.4. The Bertz CT molecular complexity index is 1180. The smallest absolute Gasteiger partial charge is 0.367 e. The highest BCUT2D eigenvalue weighted by atomic mass is 35.5. The number of anilines is 2. The maximum atomic E-state index is 14.8. The molecule has 0 saturated carbocycles. The number of nitrogens with zero attached hydrogens (tertiary/aromatic N) is 2. The molecule has 38 heavy (non-hydrogen) atoms. The molecule has 3 N–H and O–H groups in total. The molecule has 0 radical (unpaired) electrons. The number of hydrogen-bond donors (Lipinski definition) is 3. The SMILES string of the molecule is O=C(Nc1ccc(Cl)cc1N1CCN(CCC(F)(F)F)CC1)c1ccc(CNC(=O)C2CNC2)c(F)c1F. The summed E-state index contributed by atoms with van der Waals surface area (Å²) in [5.74, 6) is -3.92. The second-order valence-corrected chi connectivity index (χ2v) is 9.72. The molecule has 0 atom stereocenters. The fraction of sp³-hybridized carbons (Fsp3) is 0.440. The van der Waals surface area contributed by atoms with E-state index in [0.29, 0.717) is 55.7 Å². The molecule has 7 nitrogen and oxygen atoms in total. The molecule has 0 unspecified atom stereocenters. The van der Waals surface area contributed by atoms with E-state index < -0.39 is 35.7 Å². The summed E-state index contributed by atoms with van der Waals surface area (Å²) >= 11 is 6.15. The van der Waals surface area contributed by atoms with Crippen LogP contribution in [0.2, 0.25) is 5.02 Å². The third-order valence-corrected chi connectivity index (χ3v) is 6.88. The zero-order valence-corrected chi connectivity index (χ0v) is 21.1. The van der Waals surface area contributed by atoms with E-state index in [1.807, 2.05) is 4.90 Å². The predicted molar refractivity (Wildman–Crippen MR) is 133 cm³/mol. The zero-order valence-electron chi connectivity index (χ0n) is 20.3. The van der Waals surface area contributed by atoms with Crippen LogP contribution in [0.25, 0.3) is 0 Å². The lowest BCUT2D eigenvalue weighted by molar-refractivity contribution is -0.138.